The summed E-state index contributed by atoms with van der Waals surface area (Å²) >= 11 is 0. The van der Waals surface area contributed by atoms with Gasteiger partial charge in [-0.3, -0.25) is 9.69 Å². The van der Waals surface area contributed by atoms with Crippen LogP contribution in [0.15, 0.2) is 0 Å². The van der Waals surface area contributed by atoms with Gasteiger partial charge in [-0.1, -0.05) is 0 Å². The number of nitrogens with zero attached hydrogens (tertiary/aromatic N) is 1. The summed E-state index contributed by atoms with van der Waals surface area (Å²) in [7, 11) is 4.66. The van der Waals surface area contributed by atoms with Gasteiger partial charge in [-0.05, 0) is 6.92 Å². The first-order valence-corrected chi connectivity index (χ1v) is 5.48. The number of aliphatic carboxylic acids is 1. The molecular weight excluding hydrogens is 226 g/mol. The predicted molar refractivity (Wildman–Crippen MR) is 63.2 cm³/mol. The Hall–Kier alpha value is -0.690. The zero-order valence-corrected chi connectivity index (χ0v) is 11.1. The lowest BCUT2D eigenvalue weighted by molar-refractivity contribution is -0.155. The van der Waals surface area contributed by atoms with Crippen LogP contribution in [-0.4, -0.2) is 75.8 Å². The quantitative estimate of drug-likeness (QED) is 0.591. The Morgan fingerprint density at radius 1 is 1.12 bits per heavy atom. The maximum absolute atomic E-state index is 11.4. The Labute approximate surface area is 102 Å². The molecule has 1 unspecified atom stereocenters. The number of rotatable bonds is 10. The van der Waals surface area contributed by atoms with Crippen LogP contribution >= 0.6 is 0 Å². The summed E-state index contributed by atoms with van der Waals surface area (Å²) in [6.07, 6.45) is 0. The number of methoxy groups -OCH3 is 3. The molecule has 0 aliphatic heterocycles. The van der Waals surface area contributed by atoms with Gasteiger partial charge < -0.3 is 19.3 Å². The monoisotopic (exact) mass is 249 g/mol. The fourth-order valence-electron chi connectivity index (χ4n) is 1.58. The number of carboxylic acid groups (broad SMARTS) is 1. The molecule has 0 bridgehead atoms. The number of carbonyl (C=O) groups is 1. The third kappa shape index (κ3) is 4.99. The first-order valence-electron chi connectivity index (χ1n) is 5.48. The molecule has 1 atom stereocenters. The van der Waals surface area contributed by atoms with E-state index < -0.39 is 11.5 Å². The van der Waals surface area contributed by atoms with Crippen molar-refractivity contribution in [1.29, 1.82) is 0 Å². The lowest BCUT2D eigenvalue weighted by atomic mass is 10.0. The van der Waals surface area contributed by atoms with Gasteiger partial charge in [-0.15, -0.1) is 0 Å². The van der Waals surface area contributed by atoms with Crippen molar-refractivity contribution in [3.63, 3.8) is 0 Å². The number of carboxylic acids is 1. The van der Waals surface area contributed by atoms with Gasteiger partial charge in [-0.25, -0.2) is 0 Å². The van der Waals surface area contributed by atoms with Crippen LogP contribution in [0.4, 0.5) is 0 Å². The minimum atomic E-state index is -1.06. The minimum Gasteiger partial charge on any atom is -0.480 e. The lowest BCUT2D eigenvalue weighted by Gasteiger charge is -2.37. The summed E-state index contributed by atoms with van der Waals surface area (Å²) in [4.78, 5) is 13.2. The van der Waals surface area contributed by atoms with E-state index in [1.54, 1.807) is 26.0 Å². The molecule has 0 fully saturated rings. The van der Waals surface area contributed by atoms with E-state index in [0.717, 1.165) is 0 Å². The van der Waals surface area contributed by atoms with Gasteiger partial charge in [0.2, 0.25) is 0 Å². The van der Waals surface area contributed by atoms with Crippen LogP contribution in [0.5, 0.6) is 0 Å². The summed E-state index contributed by atoms with van der Waals surface area (Å²) in [5.41, 5.74) is -1.06. The maximum Gasteiger partial charge on any atom is 0.326 e. The first kappa shape index (κ1) is 16.3. The van der Waals surface area contributed by atoms with Crippen LogP contribution in [0.25, 0.3) is 0 Å². The Morgan fingerprint density at radius 3 is 1.88 bits per heavy atom. The fraction of sp³-hybridized carbons (Fsp3) is 0.909. The van der Waals surface area contributed by atoms with Gasteiger partial charge in [0.1, 0.15) is 5.54 Å². The van der Waals surface area contributed by atoms with Gasteiger partial charge in [0.25, 0.3) is 0 Å². The van der Waals surface area contributed by atoms with Crippen molar-refractivity contribution < 1.29 is 24.1 Å². The van der Waals surface area contributed by atoms with Crippen molar-refractivity contribution in [2.45, 2.75) is 12.5 Å². The first-order chi connectivity index (χ1) is 8.02. The van der Waals surface area contributed by atoms with Crippen LogP contribution in [-0.2, 0) is 19.0 Å². The molecule has 0 rings (SSSR count). The molecule has 0 aromatic rings. The zero-order valence-electron chi connectivity index (χ0n) is 11.1. The van der Waals surface area contributed by atoms with Crippen LogP contribution in [0, 0.1) is 0 Å². The van der Waals surface area contributed by atoms with E-state index in [4.69, 9.17) is 14.2 Å². The molecule has 0 aromatic heterocycles. The molecule has 1 N–H and O–H groups in total. The summed E-state index contributed by atoms with van der Waals surface area (Å²) in [5, 5.41) is 9.33. The van der Waals surface area contributed by atoms with Gasteiger partial charge in [0.15, 0.2) is 0 Å². The van der Waals surface area contributed by atoms with Crippen LogP contribution in [0.3, 0.4) is 0 Å². The largest absolute Gasteiger partial charge is 0.480 e. The smallest absolute Gasteiger partial charge is 0.326 e. The Morgan fingerprint density at radius 2 is 1.59 bits per heavy atom. The fourth-order valence-corrected chi connectivity index (χ4v) is 1.58. The molecule has 0 spiro atoms. The Bertz CT molecular complexity index is 216. The highest BCUT2D eigenvalue weighted by atomic mass is 16.5. The molecule has 102 valence electrons. The Kier molecular flexibility index (Phi) is 8.07. The van der Waals surface area contributed by atoms with Crippen LogP contribution in [0.1, 0.15) is 6.92 Å². The number of hydrogen-bond donors (Lipinski definition) is 1. The summed E-state index contributed by atoms with van der Waals surface area (Å²) in [6.45, 7) is 3.74. The van der Waals surface area contributed by atoms with E-state index in [0.29, 0.717) is 26.3 Å². The van der Waals surface area contributed by atoms with E-state index in [1.807, 2.05) is 0 Å². The van der Waals surface area contributed by atoms with E-state index in [9.17, 15) is 9.90 Å². The van der Waals surface area contributed by atoms with Crippen molar-refractivity contribution in [3.05, 3.63) is 0 Å². The molecule has 17 heavy (non-hydrogen) atoms. The summed E-state index contributed by atoms with van der Waals surface area (Å²) < 4.78 is 15.0. The van der Waals surface area contributed by atoms with Gasteiger partial charge >= 0.3 is 5.97 Å². The topological polar surface area (TPSA) is 68.2 Å². The Balaban J connectivity index is 4.72. The van der Waals surface area contributed by atoms with Crippen molar-refractivity contribution in [2.24, 2.45) is 0 Å². The molecule has 6 nitrogen and oxygen atoms in total. The van der Waals surface area contributed by atoms with Crippen LogP contribution in [0.2, 0.25) is 0 Å². The highest BCUT2D eigenvalue weighted by Gasteiger charge is 2.39. The standard InChI is InChI=1S/C11H23NO5/c1-11(9-17-4,10(13)14)12(5-7-15-2)6-8-16-3/h5-9H2,1-4H3,(H,13,14). The van der Waals surface area contributed by atoms with E-state index in [-0.39, 0.29) is 6.61 Å². The molecule has 0 amide bonds. The minimum absolute atomic E-state index is 0.121. The average Bonchev–Trinajstić information content (AvgIpc) is 2.29. The second kappa shape index (κ2) is 8.41. The second-order valence-corrected chi connectivity index (χ2v) is 3.98. The van der Waals surface area contributed by atoms with Crippen molar-refractivity contribution in [1.82, 2.24) is 4.90 Å². The third-order valence-electron chi connectivity index (χ3n) is 2.71. The molecule has 6 heteroatoms. The zero-order chi connectivity index (χ0) is 13.3. The second-order valence-electron chi connectivity index (χ2n) is 3.98. The molecule has 0 saturated carbocycles. The third-order valence-corrected chi connectivity index (χ3v) is 2.71. The predicted octanol–water partition coefficient (Wildman–Crippen LogP) is 0.0709. The van der Waals surface area contributed by atoms with E-state index >= 15 is 0 Å². The van der Waals surface area contributed by atoms with Crippen molar-refractivity contribution >= 4 is 5.97 Å². The SMILES string of the molecule is COCCN(CCOC)C(C)(COC)C(=O)O. The molecular formula is C11H23NO5. The van der Waals surface area contributed by atoms with Gasteiger partial charge in [-0.2, -0.15) is 0 Å². The van der Waals surface area contributed by atoms with Crippen molar-refractivity contribution in [2.75, 3.05) is 54.2 Å². The maximum atomic E-state index is 11.4. The van der Waals surface area contributed by atoms with E-state index in [2.05, 4.69) is 0 Å². The molecule has 0 heterocycles. The number of ether oxygens (including phenoxy) is 3. The number of hydrogen-bond acceptors (Lipinski definition) is 5. The van der Waals surface area contributed by atoms with Crippen molar-refractivity contribution in [3.8, 4) is 0 Å². The molecule has 0 radical (unpaired) electrons. The molecule has 0 aromatic carbocycles. The normalized spacial score (nSPS) is 14.9. The molecule has 0 aliphatic carbocycles. The van der Waals surface area contributed by atoms with Gasteiger partial charge in [0.05, 0.1) is 19.8 Å². The van der Waals surface area contributed by atoms with Crippen LogP contribution < -0.4 is 0 Å². The summed E-state index contributed by atoms with van der Waals surface area (Å²) in [5.74, 6) is -0.911. The summed E-state index contributed by atoms with van der Waals surface area (Å²) in [6, 6.07) is 0. The van der Waals surface area contributed by atoms with Gasteiger partial charge in [0, 0.05) is 34.4 Å². The highest BCUT2D eigenvalue weighted by molar-refractivity contribution is 5.78. The molecule has 0 aliphatic rings. The lowest BCUT2D eigenvalue weighted by Crippen LogP contribution is -2.57. The average molecular weight is 249 g/mol. The molecule has 0 saturated heterocycles. The highest BCUT2D eigenvalue weighted by Crippen LogP contribution is 2.16. The van der Waals surface area contributed by atoms with E-state index in [1.165, 1.54) is 7.11 Å².